The van der Waals surface area contributed by atoms with Gasteiger partial charge in [0.25, 0.3) is 0 Å². The van der Waals surface area contributed by atoms with Gasteiger partial charge in [-0.3, -0.25) is 24.4 Å². The third-order valence-corrected chi connectivity index (χ3v) is 9.30. The maximum Gasteiger partial charge on any atom is 0.149 e. The van der Waals surface area contributed by atoms with E-state index in [4.69, 9.17) is 0 Å². The van der Waals surface area contributed by atoms with Gasteiger partial charge >= 0.3 is 0 Å². The van der Waals surface area contributed by atoms with Crippen molar-refractivity contribution in [1.29, 1.82) is 0 Å². The lowest BCUT2D eigenvalue weighted by Crippen LogP contribution is -2.53. The number of aromatic nitrogens is 2. The quantitative estimate of drug-likeness (QED) is 0.595. The van der Waals surface area contributed by atoms with Crippen LogP contribution < -0.4 is 0 Å². The summed E-state index contributed by atoms with van der Waals surface area (Å²) in [5.41, 5.74) is 1.30. The Labute approximate surface area is 219 Å². The first-order valence-corrected chi connectivity index (χ1v) is 14.5. The average Bonchev–Trinajstić information content (AvgIpc) is 3.09. The first kappa shape index (κ1) is 27.6. The van der Waals surface area contributed by atoms with Crippen LogP contribution in [-0.4, -0.2) is 112 Å². The van der Waals surface area contributed by atoms with Gasteiger partial charge in [-0.2, -0.15) is 0 Å². The Morgan fingerprint density at radius 2 is 1.42 bits per heavy atom. The number of fused-ring (bicyclic) bond motifs is 2. The second-order valence-electron chi connectivity index (χ2n) is 12.2. The van der Waals surface area contributed by atoms with Crippen LogP contribution in [0.25, 0.3) is 0 Å². The molecule has 0 spiro atoms. The lowest BCUT2D eigenvalue weighted by Gasteiger charge is -2.42. The Bertz CT molecular complexity index is 787. The molecule has 4 heterocycles. The molecule has 7 nitrogen and oxygen atoms in total. The van der Waals surface area contributed by atoms with E-state index in [0.29, 0.717) is 24.3 Å². The molecule has 1 aromatic heterocycles. The summed E-state index contributed by atoms with van der Waals surface area (Å²) in [6.45, 7) is 16.1. The number of hydrogen-bond acceptors (Lipinski definition) is 7. The molecule has 1 aliphatic carbocycles. The van der Waals surface area contributed by atoms with Crippen LogP contribution in [0.4, 0.5) is 0 Å². The van der Waals surface area contributed by atoms with Crippen molar-refractivity contribution < 1.29 is 4.79 Å². The SMILES string of the molecule is CC(C)C(=O)CN1CCN(C2CCC(c3cncnc3)CC2)CC1.CC(C)N1CC2CCC(C1)N2C. The predicted molar refractivity (Wildman–Crippen MR) is 146 cm³/mol. The van der Waals surface area contributed by atoms with Crippen molar-refractivity contribution in [2.24, 2.45) is 5.92 Å². The molecule has 202 valence electrons. The molecule has 1 saturated carbocycles. The molecule has 0 aromatic carbocycles. The molecule has 0 radical (unpaired) electrons. The number of nitrogens with zero attached hydrogens (tertiary/aromatic N) is 6. The van der Waals surface area contributed by atoms with Crippen molar-refractivity contribution in [3.8, 4) is 0 Å². The van der Waals surface area contributed by atoms with Crippen LogP contribution in [0.2, 0.25) is 0 Å². The van der Waals surface area contributed by atoms with Crippen molar-refractivity contribution in [3.05, 3.63) is 24.3 Å². The molecule has 1 aromatic rings. The van der Waals surface area contributed by atoms with Gasteiger partial charge in [0.1, 0.15) is 12.1 Å². The minimum Gasteiger partial charge on any atom is -0.298 e. The molecule has 4 fully saturated rings. The molecule has 7 heteroatoms. The molecule has 2 unspecified atom stereocenters. The molecule has 36 heavy (non-hydrogen) atoms. The number of piperazine rings is 2. The average molecular weight is 499 g/mol. The molecule has 2 bridgehead atoms. The highest BCUT2D eigenvalue weighted by Gasteiger charge is 2.37. The second-order valence-corrected chi connectivity index (χ2v) is 12.2. The van der Waals surface area contributed by atoms with Gasteiger partial charge in [0.2, 0.25) is 0 Å². The Balaban J connectivity index is 0.000000211. The van der Waals surface area contributed by atoms with E-state index in [9.17, 15) is 4.79 Å². The van der Waals surface area contributed by atoms with Crippen LogP contribution in [0, 0.1) is 5.92 Å². The molecular weight excluding hydrogens is 448 g/mol. The van der Waals surface area contributed by atoms with Gasteiger partial charge in [-0.15, -0.1) is 0 Å². The highest BCUT2D eigenvalue weighted by atomic mass is 16.1. The van der Waals surface area contributed by atoms with Crippen LogP contribution in [0.3, 0.4) is 0 Å². The zero-order valence-electron chi connectivity index (χ0n) is 23.5. The van der Waals surface area contributed by atoms with Gasteiger partial charge in [0.15, 0.2) is 0 Å². The normalized spacial score (nSPS) is 30.4. The number of hydrogen-bond donors (Lipinski definition) is 0. The summed E-state index contributed by atoms with van der Waals surface area (Å²) < 4.78 is 0. The number of likely N-dealkylation sites (tertiary alicyclic amines) is 1. The Kier molecular flexibility index (Phi) is 9.90. The van der Waals surface area contributed by atoms with Gasteiger partial charge in [0, 0.05) is 81.7 Å². The van der Waals surface area contributed by atoms with Crippen LogP contribution >= 0.6 is 0 Å². The fourth-order valence-electron chi connectivity index (χ4n) is 6.55. The van der Waals surface area contributed by atoms with E-state index >= 15 is 0 Å². The minimum absolute atomic E-state index is 0.153. The predicted octanol–water partition coefficient (Wildman–Crippen LogP) is 3.52. The molecule has 5 rings (SSSR count). The van der Waals surface area contributed by atoms with E-state index in [2.05, 4.69) is 50.5 Å². The molecule has 0 N–H and O–H groups in total. The van der Waals surface area contributed by atoms with E-state index in [1.807, 2.05) is 26.2 Å². The van der Waals surface area contributed by atoms with E-state index in [1.54, 1.807) is 6.33 Å². The number of ketones is 1. The molecule has 0 amide bonds. The lowest BCUT2D eigenvalue weighted by molar-refractivity contribution is -0.123. The monoisotopic (exact) mass is 498 g/mol. The minimum atomic E-state index is 0.153. The van der Waals surface area contributed by atoms with Gasteiger partial charge in [0.05, 0.1) is 6.54 Å². The number of likely N-dealkylation sites (N-methyl/N-ethyl adjacent to an activating group) is 1. The van der Waals surface area contributed by atoms with Gasteiger partial charge in [-0.05, 0) is 70.9 Å². The number of rotatable bonds is 6. The summed E-state index contributed by atoms with van der Waals surface area (Å²) in [4.78, 5) is 30.4. The van der Waals surface area contributed by atoms with Crippen LogP contribution in [0.5, 0.6) is 0 Å². The molecule has 3 saturated heterocycles. The largest absolute Gasteiger partial charge is 0.298 e. The smallest absolute Gasteiger partial charge is 0.149 e. The first-order chi connectivity index (χ1) is 17.3. The fourth-order valence-corrected chi connectivity index (χ4v) is 6.55. The Morgan fingerprint density at radius 1 is 0.861 bits per heavy atom. The van der Waals surface area contributed by atoms with Crippen molar-refractivity contribution in [3.63, 3.8) is 0 Å². The van der Waals surface area contributed by atoms with Crippen LogP contribution in [0.1, 0.15) is 77.7 Å². The third kappa shape index (κ3) is 7.12. The summed E-state index contributed by atoms with van der Waals surface area (Å²) in [6, 6.07) is 3.16. The summed E-state index contributed by atoms with van der Waals surface area (Å²) in [7, 11) is 2.29. The molecule has 2 atom stereocenters. The van der Waals surface area contributed by atoms with Crippen LogP contribution in [-0.2, 0) is 4.79 Å². The number of Topliss-reactive ketones (excluding diaryl/α,β-unsaturated/α-hetero) is 1. The van der Waals surface area contributed by atoms with Crippen molar-refractivity contribution in [1.82, 2.24) is 29.6 Å². The van der Waals surface area contributed by atoms with Crippen molar-refractivity contribution in [2.45, 2.75) is 96.3 Å². The van der Waals surface area contributed by atoms with E-state index in [-0.39, 0.29) is 5.92 Å². The molecular formula is C29H50N6O. The topological polar surface area (TPSA) is 55.8 Å². The molecule has 3 aliphatic heterocycles. The number of carbonyl (C=O) groups is 1. The highest BCUT2D eigenvalue weighted by Crippen LogP contribution is 2.34. The zero-order chi connectivity index (χ0) is 25.7. The third-order valence-electron chi connectivity index (χ3n) is 9.30. The van der Waals surface area contributed by atoms with E-state index in [0.717, 1.165) is 44.3 Å². The first-order valence-electron chi connectivity index (χ1n) is 14.5. The highest BCUT2D eigenvalue weighted by molar-refractivity contribution is 5.82. The summed E-state index contributed by atoms with van der Waals surface area (Å²) in [5, 5.41) is 0. The zero-order valence-corrected chi connectivity index (χ0v) is 23.5. The summed E-state index contributed by atoms with van der Waals surface area (Å²) in [5.74, 6) is 1.15. The van der Waals surface area contributed by atoms with Crippen molar-refractivity contribution in [2.75, 3.05) is 52.9 Å². The standard InChI is InChI=1S/C19H30N4O.C10H20N2/c1-15(2)19(24)13-22-7-9-23(10-8-22)18-5-3-16(4-6-18)17-11-20-14-21-12-17;1-8(2)12-6-9-4-5-10(7-12)11(9)3/h11-12,14-16,18H,3-10,13H2,1-2H3;8-10H,4-7H2,1-3H3. The van der Waals surface area contributed by atoms with E-state index < -0.39 is 0 Å². The Hall–Kier alpha value is -1.41. The maximum atomic E-state index is 11.9. The van der Waals surface area contributed by atoms with Gasteiger partial charge < -0.3 is 0 Å². The summed E-state index contributed by atoms with van der Waals surface area (Å²) >= 11 is 0. The van der Waals surface area contributed by atoms with E-state index in [1.165, 1.54) is 57.2 Å². The Morgan fingerprint density at radius 3 is 1.94 bits per heavy atom. The van der Waals surface area contributed by atoms with Crippen LogP contribution in [0.15, 0.2) is 18.7 Å². The van der Waals surface area contributed by atoms with Gasteiger partial charge in [-0.25, -0.2) is 9.97 Å². The van der Waals surface area contributed by atoms with Crippen molar-refractivity contribution >= 4 is 5.78 Å². The lowest BCUT2D eigenvalue weighted by atomic mass is 9.82. The maximum absolute atomic E-state index is 11.9. The summed E-state index contributed by atoms with van der Waals surface area (Å²) in [6.07, 6.45) is 13.4. The second kappa shape index (κ2) is 12.9. The molecule has 4 aliphatic rings. The number of carbonyl (C=O) groups excluding carboxylic acids is 1. The van der Waals surface area contributed by atoms with Gasteiger partial charge in [-0.1, -0.05) is 13.8 Å². The fraction of sp³-hybridized carbons (Fsp3) is 0.828.